The smallest absolute Gasteiger partial charge is 0.253 e. The van der Waals surface area contributed by atoms with Crippen LogP contribution < -0.4 is 9.64 Å². The standard InChI is InChI=1S/C20H29N3O3/c1-7-10-23(14(2)3)19(24)12-16-13-26-18-9-8-15(20(25)21(4)5)11-17(18)22(16)6/h7-9,11,14,16H,1,10,12-13H2,2-6H3. The molecule has 142 valence electrons. The molecule has 1 heterocycles. The van der Waals surface area contributed by atoms with Gasteiger partial charge in [0.2, 0.25) is 5.91 Å². The van der Waals surface area contributed by atoms with E-state index in [9.17, 15) is 9.59 Å². The molecule has 0 fully saturated rings. The fraction of sp³-hybridized carbons (Fsp3) is 0.500. The second-order valence-electron chi connectivity index (χ2n) is 7.09. The number of carbonyl (C=O) groups is 2. The zero-order chi connectivity index (χ0) is 19.4. The van der Waals surface area contributed by atoms with Crippen LogP contribution in [0, 0.1) is 0 Å². The number of hydrogen-bond donors (Lipinski definition) is 0. The summed E-state index contributed by atoms with van der Waals surface area (Å²) < 4.78 is 5.85. The lowest BCUT2D eigenvalue weighted by molar-refractivity contribution is -0.132. The van der Waals surface area contributed by atoms with Crippen LogP contribution >= 0.6 is 0 Å². The van der Waals surface area contributed by atoms with Crippen LogP contribution in [0.15, 0.2) is 30.9 Å². The number of hydrogen-bond acceptors (Lipinski definition) is 4. The summed E-state index contributed by atoms with van der Waals surface area (Å²) >= 11 is 0. The van der Waals surface area contributed by atoms with Crippen LogP contribution in [-0.4, -0.2) is 68.0 Å². The predicted octanol–water partition coefficient (Wildman–Crippen LogP) is 2.40. The number of nitrogens with zero attached hydrogens (tertiary/aromatic N) is 3. The van der Waals surface area contributed by atoms with Crippen molar-refractivity contribution >= 4 is 17.5 Å². The Morgan fingerprint density at radius 1 is 1.38 bits per heavy atom. The molecule has 6 nitrogen and oxygen atoms in total. The van der Waals surface area contributed by atoms with Crippen LogP contribution in [-0.2, 0) is 4.79 Å². The van der Waals surface area contributed by atoms with Gasteiger partial charge in [-0.2, -0.15) is 0 Å². The van der Waals surface area contributed by atoms with Gasteiger partial charge in [-0.05, 0) is 32.0 Å². The largest absolute Gasteiger partial charge is 0.489 e. The van der Waals surface area contributed by atoms with E-state index in [2.05, 4.69) is 6.58 Å². The van der Waals surface area contributed by atoms with Gasteiger partial charge in [-0.1, -0.05) is 6.08 Å². The van der Waals surface area contributed by atoms with Crippen molar-refractivity contribution in [1.29, 1.82) is 0 Å². The number of likely N-dealkylation sites (N-methyl/N-ethyl adjacent to an activating group) is 1. The SMILES string of the molecule is C=CCN(C(=O)CC1COc2ccc(C(=O)N(C)C)cc2N1C)C(C)C. The average Bonchev–Trinajstić information content (AvgIpc) is 2.60. The predicted molar refractivity (Wildman–Crippen MR) is 104 cm³/mol. The zero-order valence-corrected chi connectivity index (χ0v) is 16.4. The van der Waals surface area contributed by atoms with Crippen LogP contribution in [0.2, 0.25) is 0 Å². The van der Waals surface area contributed by atoms with Crippen LogP contribution in [0.4, 0.5) is 5.69 Å². The Bertz CT molecular complexity index is 685. The molecule has 2 amide bonds. The van der Waals surface area contributed by atoms with Crippen molar-refractivity contribution in [3.8, 4) is 5.75 Å². The van der Waals surface area contributed by atoms with Gasteiger partial charge in [0.15, 0.2) is 0 Å². The molecule has 0 spiro atoms. The Morgan fingerprint density at radius 3 is 2.65 bits per heavy atom. The first-order valence-corrected chi connectivity index (χ1v) is 8.88. The van der Waals surface area contributed by atoms with E-state index < -0.39 is 0 Å². The summed E-state index contributed by atoms with van der Waals surface area (Å²) in [5.74, 6) is 0.749. The molecule has 1 aliphatic heterocycles. The molecule has 0 saturated heterocycles. The lowest BCUT2D eigenvalue weighted by atomic mass is 10.1. The number of ether oxygens (including phenoxy) is 1. The quantitative estimate of drug-likeness (QED) is 0.732. The molecule has 0 N–H and O–H groups in total. The lowest BCUT2D eigenvalue weighted by Gasteiger charge is -2.37. The highest BCUT2D eigenvalue weighted by Crippen LogP contribution is 2.35. The molecule has 1 aromatic rings. The van der Waals surface area contributed by atoms with Crippen LogP contribution in [0.25, 0.3) is 0 Å². The van der Waals surface area contributed by atoms with Gasteiger partial charge in [0.1, 0.15) is 12.4 Å². The Hall–Kier alpha value is -2.50. The molecule has 2 rings (SSSR count). The number of rotatable bonds is 6. The topological polar surface area (TPSA) is 53.1 Å². The van der Waals surface area contributed by atoms with Gasteiger partial charge >= 0.3 is 0 Å². The second-order valence-corrected chi connectivity index (χ2v) is 7.09. The minimum Gasteiger partial charge on any atom is -0.489 e. The molecule has 0 aromatic heterocycles. The molecule has 0 bridgehead atoms. The van der Waals surface area contributed by atoms with E-state index in [4.69, 9.17) is 4.74 Å². The second kappa shape index (κ2) is 8.25. The minimum absolute atomic E-state index is 0.0589. The Balaban J connectivity index is 2.19. The normalized spacial score (nSPS) is 15.9. The van der Waals surface area contributed by atoms with Gasteiger partial charge in [0, 0.05) is 39.3 Å². The van der Waals surface area contributed by atoms with Crippen molar-refractivity contribution in [2.75, 3.05) is 39.2 Å². The molecular formula is C20H29N3O3. The van der Waals surface area contributed by atoms with E-state index in [1.807, 2.05) is 42.8 Å². The summed E-state index contributed by atoms with van der Waals surface area (Å²) in [6.45, 7) is 8.70. The van der Waals surface area contributed by atoms with Crippen molar-refractivity contribution in [3.63, 3.8) is 0 Å². The van der Waals surface area contributed by atoms with Crippen LogP contribution in [0.3, 0.4) is 0 Å². The van der Waals surface area contributed by atoms with E-state index in [-0.39, 0.29) is 23.9 Å². The fourth-order valence-corrected chi connectivity index (χ4v) is 3.06. The van der Waals surface area contributed by atoms with Gasteiger partial charge in [-0.25, -0.2) is 0 Å². The maximum Gasteiger partial charge on any atom is 0.253 e. The van der Waals surface area contributed by atoms with Crippen molar-refractivity contribution in [2.45, 2.75) is 32.4 Å². The van der Waals surface area contributed by atoms with E-state index in [0.29, 0.717) is 25.1 Å². The van der Waals surface area contributed by atoms with Gasteiger partial charge in [-0.15, -0.1) is 6.58 Å². The molecule has 6 heteroatoms. The molecule has 26 heavy (non-hydrogen) atoms. The molecule has 1 atom stereocenters. The van der Waals surface area contributed by atoms with Gasteiger partial charge < -0.3 is 19.4 Å². The average molecular weight is 359 g/mol. The number of amides is 2. The third-order valence-corrected chi connectivity index (χ3v) is 4.65. The zero-order valence-electron chi connectivity index (χ0n) is 16.4. The highest BCUT2D eigenvalue weighted by Gasteiger charge is 2.29. The first-order valence-electron chi connectivity index (χ1n) is 8.88. The molecule has 0 aliphatic carbocycles. The lowest BCUT2D eigenvalue weighted by Crippen LogP contribution is -2.46. The summed E-state index contributed by atoms with van der Waals surface area (Å²) in [7, 11) is 5.39. The first-order chi connectivity index (χ1) is 12.3. The number of fused-ring (bicyclic) bond motifs is 1. The Labute approximate surface area is 156 Å². The first kappa shape index (κ1) is 19.8. The van der Waals surface area contributed by atoms with E-state index in [0.717, 1.165) is 11.4 Å². The van der Waals surface area contributed by atoms with Crippen molar-refractivity contribution in [2.24, 2.45) is 0 Å². The molecule has 1 aliphatic rings. The Kier molecular flexibility index (Phi) is 6.29. The highest BCUT2D eigenvalue weighted by atomic mass is 16.5. The Morgan fingerprint density at radius 2 is 2.08 bits per heavy atom. The highest BCUT2D eigenvalue weighted by molar-refractivity contribution is 5.95. The van der Waals surface area contributed by atoms with Crippen molar-refractivity contribution < 1.29 is 14.3 Å². The summed E-state index contributed by atoms with van der Waals surface area (Å²) in [5.41, 5.74) is 1.44. The molecule has 1 aromatic carbocycles. The molecular weight excluding hydrogens is 330 g/mol. The summed E-state index contributed by atoms with van der Waals surface area (Å²) in [6.07, 6.45) is 2.10. The van der Waals surface area contributed by atoms with Gasteiger partial charge in [0.05, 0.1) is 18.2 Å². The third kappa shape index (κ3) is 4.18. The maximum atomic E-state index is 12.7. The van der Waals surface area contributed by atoms with Crippen molar-refractivity contribution in [3.05, 3.63) is 36.4 Å². The van der Waals surface area contributed by atoms with Crippen molar-refractivity contribution in [1.82, 2.24) is 9.80 Å². The van der Waals surface area contributed by atoms with E-state index in [1.54, 1.807) is 31.1 Å². The van der Waals surface area contributed by atoms with Gasteiger partial charge in [0.25, 0.3) is 5.91 Å². The van der Waals surface area contributed by atoms with E-state index in [1.165, 1.54) is 0 Å². The fourth-order valence-electron chi connectivity index (χ4n) is 3.06. The summed E-state index contributed by atoms with van der Waals surface area (Å²) in [6, 6.07) is 5.46. The molecule has 1 unspecified atom stereocenters. The molecule has 0 saturated carbocycles. The van der Waals surface area contributed by atoms with Crippen LogP contribution in [0.5, 0.6) is 5.75 Å². The maximum absolute atomic E-state index is 12.7. The van der Waals surface area contributed by atoms with Gasteiger partial charge in [-0.3, -0.25) is 9.59 Å². The van der Waals surface area contributed by atoms with Crippen LogP contribution in [0.1, 0.15) is 30.6 Å². The number of anilines is 1. The monoisotopic (exact) mass is 359 g/mol. The molecule has 0 radical (unpaired) electrons. The summed E-state index contributed by atoms with van der Waals surface area (Å²) in [5, 5.41) is 0. The summed E-state index contributed by atoms with van der Waals surface area (Å²) in [4.78, 5) is 30.3. The third-order valence-electron chi connectivity index (χ3n) is 4.65. The minimum atomic E-state index is -0.0780. The van der Waals surface area contributed by atoms with E-state index >= 15 is 0 Å². The number of benzene rings is 1. The number of carbonyl (C=O) groups excluding carboxylic acids is 2.